The van der Waals surface area contributed by atoms with Crippen molar-refractivity contribution >= 4 is 0 Å². The lowest BCUT2D eigenvalue weighted by Crippen LogP contribution is -2.15. The van der Waals surface area contributed by atoms with Gasteiger partial charge in [-0.3, -0.25) is 0 Å². The minimum Gasteiger partial charge on any atom is -0.0998 e. The van der Waals surface area contributed by atoms with Crippen LogP contribution in [0.15, 0.2) is 36.5 Å². The quantitative estimate of drug-likeness (QED) is 0.369. The fraction of sp³-hybridized carbons (Fsp3) is 0.684. The van der Waals surface area contributed by atoms with E-state index in [4.69, 9.17) is 0 Å². The fourth-order valence-corrected chi connectivity index (χ4v) is 2.23. The Morgan fingerprint density at radius 1 is 1.00 bits per heavy atom. The van der Waals surface area contributed by atoms with Crippen LogP contribution in [0.2, 0.25) is 0 Å². The molecule has 114 valence electrons. The van der Waals surface area contributed by atoms with E-state index in [1.54, 1.807) is 0 Å². The predicted octanol–water partition coefficient (Wildman–Crippen LogP) is 7.05. The molecule has 0 saturated heterocycles. The number of hydrogen-bond acceptors (Lipinski definition) is 0. The van der Waals surface area contributed by atoms with E-state index in [1.807, 2.05) is 32.9 Å². The topological polar surface area (TPSA) is 0 Å². The van der Waals surface area contributed by atoms with Crippen LogP contribution in [0.25, 0.3) is 0 Å². The highest BCUT2D eigenvalue weighted by Crippen LogP contribution is 2.26. The molecular formula is C19H38. The summed E-state index contributed by atoms with van der Waals surface area (Å²) in [5.41, 5.74) is 1.32. The predicted molar refractivity (Wildman–Crippen MR) is 93.6 cm³/mol. The van der Waals surface area contributed by atoms with Crippen LogP contribution in [-0.4, -0.2) is 0 Å². The van der Waals surface area contributed by atoms with Crippen LogP contribution >= 0.6 is 0 Å². The Labute approximate surface area is 123 Å². The highest BCUT2D eigenvalue weighted by atomic mass is 14.2. The first-order valence-corrected chi connectivity index (χ1v) is 7.81. The monoisotopic (exact) mass is 266 g/mol. The zero-order valence-corrected chi connectivity index (χ0v) is 15.0. The van der Waals surface area contributed by atoms with Crippen molar-refractivity contribution in [2.75, 3.05) is 0 Å². The van der Waals surface area contributed by atoms with E-state index >= 15 is 0 Å². The van der Waals surface area contributed by atoms with Crippen molar-refractivity contribution in [2.45, 2.75) is 68.7 Å². The number of rotatable bonds is 5. The van der Waals surface area contributed by atoms with Gasteiger partial charge < -0.3 is 0 Å². The van der Waals surface area contributed by atoms with Crippen LogP contribution in [0, 0.1) is 17.8 Å². The first kappa shape index (κ1) is 23.3. The molecule has 0 fully saturated rings. The van der Waals surface area contributed by atoms with E-state index in [0.717, 1.165) is 18.3 Å². The second-order valence-electron chi connectivity index (χ2n) is 5.22. The third-order valence-electron chi connectivity index (χ3n) is 2.68. The van der Waals surface area contributed by atoms with E-state index < -0.39 is 0 Å². The largest absolute Gasteiger partial charge is 0.0998 e. The van der Waals surface area contributed by atoms with Gasteiger partial charge in [0, 0.05) is 0 Å². The molecule has 0 aliphatic heterocycles. The third kappa shape index (κ3) is 17.2. The zero-order chi connectivity index (χ0) is 15.8. The second kappa shape index (κ2) is 17.2. The lowest BCUT2D eigenvalue weighted by Gasteiger charge is -2.24. The summed E-state index contributed by atoms with van der Waals surface area (Å²) in [5.74, 6) is 2.16. The lowest BCUT2D eigenvalue weighted by molar-refractivity contribution is 0.338. The molecule has 0 aromatic carbocycles. The minimum atomic E-state index is 0.694. The van der Waals surface area contributed by atoms with Gasteiger partial charge in [-0.25, -0.2) is 0 Å². The van der Waals surface area contributed by atoms with Gasteiger partial charge in [0.15, 0.2) is 0 Å². The van der Waals surface area contributed by atoms with Gasteiger partial charge in [0.25, 0.3) is 0 Å². The van der Waals surface area contributed by atoms with Crippen molar-refractivity contribution in [3.8, 4) is 0 Å². The Kier molecular flexibility index (Phi) is 21.1. The molecule has 0 atom stereocenters. The van der Waals surface area contributed by atoms with Crippen LogP contribution in [0.3, 0.4) is 0 Å². The first-order valence-electron chi connectivity index (χ1n) is 7.81. The molecule has 0 N–H and O–H groups in total. The van der Waals surface area contributed by atoms with Gasteiger partial charge in [-0.05, 0) is 38.0 Å². The van der Waals surface area contributed by atoms with E-state index in [9.17, 15) is 0 Å². The summed E-state index contributed by atoms with van der Waals surface area (Å²) in [4.78, 5) is 0. The van der Waals surface area contributed by atoms with Gasteiger partial charge in [-0.1, -0.05) is 84.9 Å². The van der Waals surface area contributed by atoms with E-state index in [-0.39, 0.29) is 0 Å². The molecule has 0 aromatic heterocycles. The summed E-state index contributed by atoms with van der Waals surface area (Å²) in [5, 5.41) is 0. The Bertz CT molecular complexity index is 220. The molecule has 0 amide bonds. The van der Waals surface area contributed by atoms with Gasteiger partial charge >= 0.3 is 0 Å². The summed E-state index contributed by atoms with van der Waals surface area (Å²) in [6.07, 6.45) is 9.36. The van der Waals surface area contributed by atoms with Gasteiger partial charge in [-0.2, -0.15) is 0 Å². The Balaban J connectivity index is -0.000000249. The normalized spacial score (nSPS) is 10.7. The average Bonchev–Trinajstić information content (AvgIpc) is 2.31. The van der Waals surface area contributed by atoms with Crippen LogP contribution in [0.4, 0.5) is 0 Å². The second-order valence-corrected chi connectivity index (χ2v) is 5.22. The molecule has 0 bridgehead atoms. The molecule has 0 aromatic rings. The number of allylic oxidation sites excluding steroid dienone is 5. The molecule has 0 rings (SSSR count). The Morgan fingerprint density at radius 2 is 1.42 bits per heavy atom. The molecule has 0 nitrogen and oxygen atoms in total. The van der Waals surface area contributed by atoms with Crippen LogP contribution in [0.5, 0.6) is 0 Å². The van der Waals surface area contributed by atoms with E-state index in [1.165, 1.54) is 5.57 Å². The summed E-state index contributed by atoms with van der Waals surface area (Å²) in [6.45, 7) is 23.3. The highest BCUT2D eigenvalue weighted by Gasteiger charge is 2.17. The Morgan fingerprint density at radius 3 is 1.58 bits per heavy atom. The molecule has 0 aliphatic rings. The average molecular weight is 267 g/mol. The molecule has 19 heavy (non-hydrogen) atoms. The van der Waals surface area contributed by atoms with Crippen LogP contribution in [-0.2, 0) is 0 Å². The summed E-state index contributed by atoms with van der Waals surface area (Å²) >= 11 is 0. The molecule has 0 heteroatoms. The molecule has 0 spiro atoms. The van der Waals surface area contributed by atoms with Crippen molar-refractivity contribution in [3.05, 3.63) is 36.5 Å². The van der Waals surface area contributed by atoms with Crippen LogP contribution in [0.1, 0.15) is 68.7 Å². The molecule has 0 radical (unpaired) electrons. The fourth-order valence-electron chi connectivity index (χ4n) is 2.23. The summed E-state index contributed by atoms with van der Waals surface area (Å²) in [6, 6.07) is 0. The molecule has 0 heterocycles. The first-order chi connectivity index (χ1) is 8.88. The minimum absolute atomic E-state index is 0.694. The standard InChI is InChI=1S/C10H20.C7H12.C2H6/c1-7(2)10(8(3)4)9(5)6;1-3-5-7-6-4-2;1-2/h8-10H,1H2,2-6H3;3,5-7H,4H2,1-2H3;1-2H3/b;5-3-,7-6-;. The van der Waals surface area contributed by atoms with Gasteiger partial charge in [0.05, 0.1) is 0 Å². The van der Waals surface area contributed by atoms with Crippen molar-refractivity contribution in [3.63, 3.8) is 0 Å². The zero-order valence-electron chi connectivity index (χ0n) is 15.0. The maximum Gasteiger partial charge on any atom is -0.0162 e. The van der Waals surface area contributed by atoms with Crippen molar-refractivity contribution < 1.29 is 0 Å². The van der Waals surface area contributed by atoms with Crippen molar-refractivity contribution in [1.82, 2.24) is 0 Å². The van der Waals surface area contributed by atoms with E-state index in [0.29, 0.717) is 5.92 Å². The SMILES string of the molecule is C/C=C\C=C/CC.C=C(C)C(C(C)C)C(C)C.CC. The van der Waals surface area contributed by atoms with E-state index in [2.05, 4.69) is 60.3 Å². The lowest BCUT2D eigenvalue weighted by atomic mass is 9.81. The third-order valence-corrected chi connectivity index (χ3v) is 2.68. The smallest absolute Gasteiger partial charge is 0.0162 e. The molecular weight excluding hydrogens is 228 g/mol. The molecule has 0 aliphatic carbocycles. The highest BCUT2D eigenvalue weighted by molar-refractivity contribution is 5.00. The van der Waals surface area contributed by atoms with Gasteiger partial charge in [-0.15, -0.1) is 0 Å². The summed E-state index contributed by atoms with van der Waals surface area (Å²) < 4.78 is 0. The van der Waals surface area contributed by atoms with Crippen molar-refractivity contribution in [1.29, 1.82) is 0 Å². The number of hydrogen-bond donors (Lipinski definition) is 0. The van der Waals surface area contributed by atoms with Gasteiger partial charge in [0.1, 0.15) is 0 Å². The van der Waals surface area contributed by atoms with Crippen molar-refractivity contribution in [2.24, 2.45) is 17.8 Å². The maximum absolute atomic E-state index is 4.00. The molecule has 0 saturated carbocycles. The maximum atomic E-state index is 4.00. The Hall–Kier alpha value is -0.780. The van der Waals surface area contributed by atoms with Gasteiger partial charge in [0.2, 0.25) is 0 Å². The molecule has 0 unspecified atom stereocenters. The summed E-state index contributed by atoms with van der Waals surface area (Å²) in [7, 11) is 0. The van der Waals surface area contributed by atoms with Crippen LogP contribution < -0.4 is 0 Å².